The molecule has 39 heavy (non-hydrogen) atoms. The second-order valence-electron chi connectivity index (χ2n) is 10.00. The molecule has 0 aliphatic carbocycles. The zero-order chi connectivity index (χ0) is 25.5. The van der Waals surface area contributed by atoms with Gasteiger partial charge in [0.25, 0.3) is 0 Å². The van der Waals surface area contributed by atoms with Gasteiger partial charge in [-0.25, -0.2) is 4.98 Å². The molecule has 9 aromatic rings. The highest BCUT2D eigenvalue weighted by atomic mass is 32.1. The van der Waals surface area contributed by atoms with Gasteiger partial charge < -0.3 is 0 Å². The molecule has 0 fully saturated rings. The van der Waals surface area contributed by atoms with Gasteiger partial charge in [0.2, 0.25) is 0 Å². The van der Waals surface area contributed by atoms with Gasteiger partial charge in [-0.1, -0.05) is 96.3 Å². The predicted molar refractivity (Wildman–Crippen MR) is 170 cm³/mol. The lowest BCUT2D eigenvalue weighted by molar-refractivity contribution is 1.15. The van der Waals surface area contributed by atoms with E-state index in [2.05, 4.69) is 126 Å². The summed E-state index contributed by atoms with van der Waals surface area (Å²) in [6.45, 7) is 0. The third-order valence-corrected chi connectivity index (χ3v) is 10.0. The van der Waals surface area contributed by atoms with Crippen LogP contribution >= 0.6 is 22.7 Å². The lowest BCUT2D eigenvalue weighted by Crippen LogP contribution is -1.92. The Kier molecular flexibility index (Phi) is 4.39. The molecule has 0 saturated carbocycles. The summed E-state index contributed by atoms with van der Waals surface area (Å²) in [4.78, 5) is 5.24. The lowest BCUT2D eigenvalue weighted by Gasteiger charge is -2.04. The minimum Gasteiger partial charge on any atom is -0.285 e. The molecular weight excluding hydrogens is 513 g/mol. The molecule has 4 heteroatoms. The summed E-state index contributed by atoms with van der Waals surface area (Å²) in [5.41, 5.74) is 5.90. The van der Waals surface area contributed by atoms with Crippen molar-refractivity contribution in [1.29, 1.82) is 0 Å². The summed E-state index contributed by atoms with van der Waals surface area (Å²) in [5, 5.41) is 8.73. The zero-order valence-corrected chi connectivity index (χ0v) is 22.4. The minimum atomic E-state index is 1.01. The van der Waals surface area contributed by atoms with E-state index in [-0.39, 0.29) is 0 Å². The van der Waals surface area contributed by atoms with Crippen LogP contribution in [0, 0.1) is 0 Å². The summed E-state index contributed by atoms with van der Waals surface area (Å²) < 4.78 is 6.28. The van der Waals surface area contributed by atoms with E-state index in [9.17, 15) is 0 Å². The first-order chi connectivity index (χ1) is 19.3. The van der Waals surface area contributed by atoms with E-state index < -0.39 is 0 Å². The van der Waals surface area contributed by atoms with Gasteiger partial charge in [-0.2, -0.15) is 0 Å². The molecule has 0 radical (unpaired) electrons. The summed E-state index contributed by atoms with van der Waals surface area (Å²) in [6.07, 6.45) is 0. The molecule has 0 spiro atoms. The predicted octanol–water partition coefficient (Wildman–Crippen LogP) is 10.6. The van der Waals surface area contributed by atoms with Gasteiger partial charge in [0.05, 0.1) is 21.3 Å². The maximum atomic E-state index is 5.24. The number of thiazole rings is 1. The van der Waals surface area contributed by atoms with Crippen LogP contribution in [0.1, 0.15) is 0 Å². The molecule has 6 aromatic carbocycles. The Morgan fingerprint density at radius 3 is 2.23 bits per heavy atom. The van der Waals surface area contributed by atoms with Crippen molar-refractivity contribution in [2.24, 2.45) is 0 Å². The number of fused-ring (bicyclic) bond motifs is 10. The molecule has 3 aromatic heterocycles. The number of rotatable bonds is 2. The number of benzene rings is 6. The molecule has 0 amide bonds. The van der Waals surface area contributed by atoms with Crippen molar-refractivity contribution in [2.75, 3.05) is 0 Å². The van der Waals surface area contributed by atoms with Crippen molar-refractivity contribution in [2.45, 2.75) is 0 Å². The topological polar surface area (TPSA) is 17.8 Å². The van der Waals surface area contributed by atoms with E-state index in [1.165, 1.54) is 68.6 Å². The smallest absolute Gasteiger partial charge is 0.195 e. The molecular formula is C35H20N2S2. The highest BCUT2D eigenvalue weighted by molar-refractivity contribution is 7.28. The molecule has 0 saturated heterocycles. The van der Waals surface area contributed by atoms with Gasteiger partial charge in [-0.05, 0) is 58.3 Å². The van der Waals surface area contributed by atoms with E-state index in [0.29, 0.717) is 0 Å². The molecule has 0 atom stereocenters. The Labute approximate surface area is 232 Å². The summed E-state index contributed by atoms with van der Waals surface area (Å²) in [6, 6.07) is 43.9. The van der Waals surface area contributed by atoms with Crippen LogP contribution in [0.3, 0.4) is 0 Å². The second kappa shape index (κ2) is 8.00. The number of aromatic nitrogens is 2. The van der Waals surface area contributed by atoms with Crippen molar-refractivity contribution in [1.82, 2.24) is 9.55 Å². The molecule has 0 bridgehead atoms. The van der Waals surface area contributed by atoms with Gasteiger partial charge in [0, 0.05) is 30.9 Å². The van der Waals surface area contributed by atoms with Crippen LogP contribution in [-0.4, -0.2) is 9.55 Å². The summed E-state index contributed by atoms with van der Waals surface area (Å²) in [7, 11) is 0. The van der Waals surface area contributed by atoms with Gasteiger partial charge in [-0.15, -0.1) is 11.3 Å². The Morgan fingerprint density at radius 1 is 0.513 bits per heavy atom. The lowest BCUT2D eigenvalue weighted by atomic mass is 10.0. The average molecular weight is 533 g/mol. The summed E-state index contributed by atoms with van der Waals surface area (Å²) >= 11 is 3.66. The molecule has 0 unspecified atom stereocenters. The second-order valence-corrected chi connectivity index (χ2v) is 12.1. The Hall–Kier alpha value is -4.51. The van der Waals surface area contributed by atoms with Gasteiger partial charge in [0.1, 0.15) is 0 Å². The highest BCUT2D eigenvalue weighted by Crippen LogP contribution is 2.44. The molecule has 3 heterocycles. The normalized spacial score (nSPS) is 12.1. The standard InChI is InChI=1S/C35H20N2S2/c1-2-8-21(9-3-1)23-15-17-28-26(20-23)32-24-11-5-4-10-22(24)14-18-29(32)37(28)35-36-27-16-19-31-33(34(27)39-35)25-12-6-7-13-30(25)38-31/h1-20H. The van der Waals surface area contributed by atoms with Crippen LogP contribution in [0.5, 0.6) is 0 Å². The third-order valence-electron chi connectivity index (χ3n) is 7.84. The Bertz CT molecular complexity index is 2390. The van der Waals surface area contributed by atoms with Gasteiger partial charge in [0.15, 0.2) is 5.13 Å². The largest absolute Gasteiger partial charge is 0.285 e. The fraction of sp³-hybridized carbons (Fsp3) is 0. The van der Waals surface area contributed by atoms with Gasteiger partial charge in [-0.3, -0.25) is 4.57 Å². The first-order valence-corrected chi connectivity index (χ1v) is 14.7. The SMILES string of the molecule is c1ccc(-c2ccc3c(c2)c2c4ccccc4ccc2n3-c2nc3ccc4sc5ccccc5c4c3s2)cc1. The van der Waals surface area contributed by atoms with Crippen LogP contribution < -0.4 is 0 Å². The fourth-order valence-electron chi connectivity index (χ4n) is 6.09. The Balaban J connectivity index is 1.40. The fourth-order valence-corrected chi connectivity index (χ4v) is 8.42. The van der Waals surface area contributed by atoms with Crippen LogP contribution in [0.4, 0.5) is 0 Å². The van der Waals surface area contributed by atoms with E-state index >= 15 is 0 Å². The van der Waals surface area contributed by atoms with Crippen LogP contribution in [0.25, 0.3) is 79.2 Å². The van der Waals surface area contributed by atoms with Crippen LogP contribution in [-0.2, 0) is 0 Å². The molecule has 182 valence electrons. The number of nitrogens with zero attached hydrogens (tertiary/aromatic N) is 2. The summed E-state index contributed by atoms with van der Waals surface area (Å²) in [5.74, 6) is 0. The number of hydrogen-bond acceptors (Lipinski definition) is 3. The molecule has 2 nitrogen and oxygen atoms in total. The zero-order valence-electron chi connectivity index (χ0n) is 20.8. The van der Waals surface area contributed by atoms with E-state index in [0.717, 1.165) is 10.6 Å². The first-order valence-electron chi connectivity index (χ1n) is 13.1. The first kappa shape index (κ1) is 21.4. The maximum Gasteiger partial charge on any atom is 0.195 e. The quantitative estimate of drug-likeness (QED) is 0.216. The molecule has 0 aliphatic heterocycles. The van der Waals surface area contributed by atoms with Crippen LogP contribution in [0.15, 0.2) is 121 Å². The number of thiophene rings is 1. The third kappa shape index (κ3) is 3.04. The van der Waals surface area contributed by atoms with Gasteiger partial charge >= 0.3 is 0 Å². The average Bonchev–Trinajstić information content (AvgIpc) is 3.68. The molecule has 0 aliphatic rings. The van der Waals surface area contributed by atoms with E-state index in [1.54, 1.807) is 11.3 Å². The van der Waals surface area contributed by atoms with Crippen molar-refractivity contribution in [3.63, 3.8) is 0 Å². The van der Waals surface area contributed by atoms with Crippen LogP contribution in [0.2, 0.25) is 0 Å². The molecule has 0 N–H and O–H groups in total. The maximum absolute atomic E-state index is 5.24. The minimum absolute atomic E-state index is 1.01. The van der Waals surface area contributed by atoms with Crippen molar-refractivity contribution in [3.8, 4) is 16.3 Å². The highest BCUT2D eigenvalue weighted by Gasteiger charge is 2.19. The van der Waals surface area contributed by atoms with E-state index in [4.69, 9.17) is 4.98 Å². The Morgan fingerprint density at radius 2 is 1.31 bits per heavy atom. The van der Waals surface area contributed by atoms with Crippen molar-refractivity contribution in [3.05, 3.63) is 121 Å². The van der Waals surface area contributed by atoms with E-state index in [1.807, 2.05) is 11.3 Å². The van der Waals surface area contributed by atoms with Crippen molar-refractivity contribution < 1.29 is 0 Å². The number of hydrogen-bond donors (Lipinski definition) is 0. The monoisotopic (exact) mass is 532 g/mol. The molecule has 9 rings (SSSR count). The van der Waals surface area contributed by atoms with Crippen molar-refractivity contribution >= 4 is 85.6 Å².